The van der Waals surface area contributed by atoms with Crippen molar-refractivity contribution in [2.75, 3.05) is 0 Å². The molecular formula is C60H21Cl7N12. The van der Waals surface area contributed by atoms with Crippen LogP contribution in [0.3, 0.4) is 0 Å². The molecular weight excluding hydrogens is 1140 g/mol. The number of hydrogen-bond donors (Lipinski definition) is 2. The van der Waals surface area contributed by atoms with Gasteiger partial charge in [-0.25, -0.2) is 29.9 Å². The number of hydrogen-bond acceptors (Lipinski definition) is 10. The van der Waals surface area contributed by atoms with E-state index in [-0.39, 0.29) is 32.8 Å². The Balaban J connectivity index is 1.33. The number of H-pyrrole nitrogens is 2. The lowest BCUT2D eigenvalue weighted by Crippen LogP contribution is -1.97. The van der Waals surface area contributed by atoms with Crippen LogP contribution in [0.25, 0.3) is 143 Å². The number of rotatable bonds is 3. The summed E-state index contributed by atoms with van der Waals surface area (Å²) in [5.74, 6) is 0. The van der Waals surface area contributed by atoms with Crippen molar-refractivity contribution in [1.82, 2.24) is 39.9 Å². The minimum absolute atomic E-state index is 0.153. The normalized spacial score (nSPS) is 11.7. The van der Waals surface area contributed by atoms with Crippen molar-refractivity contribution < 1.29 is 0 Å². The first kappa shape index (κ1) is 48.5. The molecule has 8 bridgehead atoms. The molecule has 0 radical (unpaired) electrons. The van der Waals surface area contributed by atoms with Crippen LogP contribution in [0, 0.1) is 45.3 Å². The molecule has 0 unspecified atom stereocenters. The van der Waals surface area contributed by atoms with Crippen molar-refractivity contribution in [1.29, 1.82) is 21.0 Å². The van der Waals surface area contributed by atoms with Gasteiger partial charge in [-0.3, -0.25) is 0 Å². The summed E-state index contributed by atoms with van der Waals surface area (Å²) in [5, 5.41) is 46.7. The van der Waals surface area contributed by atoms with Crippen molar-refractivity contribution in [3.63, 3.8) is 0 Å². The van der Waals surface area contributed by atoms with Gasteiger partial charge in [-0.05, 0) is 90.3 Å². The maximum Gasteiger partial charge on any atom is 0.177 e. The largest absolute Gasteiger partial charge is 0.354 e. The number of benzene rings is 7. The van der Waals surface area contributed by atoms with Crippen molar-refractivity contribution in [3.8, 4) is 80.2 Å². The molecule has 2 N–H and O–H groups in total. The Hall–Kier alpha value is -8.89. The van der Waals surface area contributed by atoms with Gasteiger partial charge in [-0.1, -0.05) is 112 Å². The van der Waals surface area contributed by atoms with Gasteiger partial charge in [0.05, 0.1) is 74.6 Å². The van der Waals surface area contributed by atoms with E-state index in [2.05, 4.69) is 26.0 Å². The summed E-state index contributed by atoms with van der Waals surface area (Å²) in [6.45, 7) is 0. The van der Waals surface area contributed by atoms with E-state index in [0.29, 0.717) is 168 Å². The first-order valence-electron chi connectivity index (χ1n) is 23.7. The van der Waals surface area contributed by atoms with Gasteiger partial charge in [-0.2, -0.15) is 21.0 Å². The molecule has 6 aromatic heterocycles. The zero-order valence-electron chi connectivity index (χ0n) is 39.6. The third kappa shape index (κ3) is 7.12. The molecule has 0 saturated carbocycles. The molecule has 7 aromatic carbocycles. The highest BCUT2D eigenvalue weighted by Gasteiger charge is 2.31. The summed E-state index contributed by atoms with van der Waals surface area (Å²) in [7, 11) is 0. The van der Waals surface area contributed by atoms with Gasteiger partial charge in [0.1, 0.15) is 24.3 Å². The second-order valence-corrected chi connectivity index (χ2v) is 21.2. The number of fused-ring (bicyclic) bond motifs is 18. The number of nitrogens with zero attached hydrogens (tertiary/aromatic N) is 10. The van der Waals surface area contributed by atoms with E-state index in [1.807, 2.05) is 60.7 Å². The number of halogens is 7. The minimum Gasteiger partial charge on any atom is -0.354 e. The molecule has 0 atom stereocenters. The van der Waals surface area contributed by atoms with Crippen LogP contribution in [0.4, 0.5) is 0 Å². The third-order valence-electron chi connectivity index (χ3n) is 14.2. The van der Waals surface area contributed by atoms with Gasteiger partial charge in [0.15, 0.2) is 22.8 Å². The molecule has 12 nitrogen and oxygen atoms in total. The average Bonchev–Trinajstić information content (AvgIpc) is 3.19. The number of aromatic amines is 2. The highest BCUT2D eigenvalue weighted by molar-refractivity contribution is 6.47. The zero-order chi connectivity index (χ0) is 54.3. The quantitative estimate of drug-likeness (QED) is 0.160. The lowest BCUT2D eigenvalue weighted by atomic mass is 9.94. The Morgan fingerprint density at radius 2 is 0.722 bits per heavy atom. The first-order valence-corrected chi connectivity index (χ1v) is 26.3. The van der Waals surface area contributed by atoms with Crippen LogP contribution >= 0.6 is 81.2 Å². The van der Waals surface area contributed by atoms with Crippen LogP contribution in [0.5, 0.6) is 0 Å². The monoisotopic (exact) mass is 1150 g/mol. The van der Waals surface area contributed by atoms with E-state index in [1.54, 1.807) is 72.8 Å². The standard InChI is InChI=1S/C60H21Cl7N12/c61-28-6-1-5-24-46(28)52-35-13-14-36(72-35)53(49-29(62)7-2-8-30(49)63)56-25-17-39-40(75-43(21-69)42(20-68)74-39)18-26(25)57(78-56)54(50-31(64)9-3-10-32(50)65)37-15-16-38(73-37)55(51-33(66)11-4-12-34(51)67)58-27-19-41-59(47(24)48(27)60(52)79-58)77-45(23-71)44(22-70)76-41/h1-19,72-73H. The molecule has 79 heavy (non-hydrogen) atoms. The fraction of sp³-hybridized carbons (Fsp3) is 0. The van der Waals surface area contributed by atoms with Gasteiger partial charge >= 0.3 is 0 Å². The van der Waals surface area contributed by atoms with E-state index in [4.69, 9.17) is 101 Å². The summed E-state index contributed by atoms with van der Waals surface area (Å²) >= 11 is 51.2. The van der Waals surface area contributed by atoms with Crippen LogP contribution in [-0.2, 0) is 0 Å². The van der Waals surface area contributed by atoms with Crippen LogP contribution < -0.4 is 0 Å². The predicted octanol–water partition coefficient (Wildman–Crippen LogP) is 17.8. The summed E-state index contributed by atoms with van der Waals surface area (Å²) in [4.78, 5) is 37.6. The molecule has 13 aromatic rings. The SMILES string of the molecule is N#Cc1nc2cc3c(cc2nc1C#N)-c1nc-3c(-c2c(Cl)cccc2Cl)c2ccc([nH]2)c(-c2c(Cl)cccc2Cl)c2nc3c(c4ccc([nH]4)c1-c1c(Cl)cccc1Cl)c1c(Cl)cccc1c1c4nc(C#N)c(C#N)nc4cc2c31. The van der Waals surface area contributed by atoms with Gasteiger partial charge in [0.2, 0.25) is 0 Å². The molecule has 0 fully saturated rings. The highest BCUT2D eigenvalue weighted by atomic mass is 35.5. The molecule has 1 aliphatic heterocycles. The molecule has 370 valence electrons. The maximum absolute atomic E-state index is 10.3. The Morgan fingerprint density at radius 3 is 1.23 bits per heavy atom. The summed E-state index contributed by atoms with van der Waals surface area (Å²) in [6, 6.07) is 42.1. The van der Waals surface area contributed by atoms with Crippen LogP contribution in [-0.4, -0.2) is 39.9 Å². The molecule has 1 aliphatic rings. The zero-order valence-corrected chi connectivity index (χ0v) is 44.9. The molecule has 0 amide bonds. The smallest absolute Gasteiger partial charge is 0.177 e. The Kier molecular flexibility index (Phi) is 11.1. The molecule has 0 saturated heterocycles. The van der Waals surface area contributed by atoms with Crippen LogP contribution in [0.1, 0.15) is 22.8 Å². The Labute approximate surface area is 479 Å². The van der Waals surface area contributed by atoms with Gasteiger partial charge in [0, 0.05) is 98.5 Å². The van der Waals surface area contributed by atoms with Crippen molar-refractivity contribution in [3.05, 3.63) is 173 Å². The minimum atomic E-state index is -0.160. The predicted molar refractivity (Wildman–Crippen MR) is 314 cm³/mol. The van der Waals surface area contributed by atoms with Crippen molar-refractivity contribution >= 4 is 169 Å². The van der Waals surface area contributed by atoms with Gasteiger partial charge in [-0.15, -0.1) is 0 Å². The van der Waals surface area contributed by atoms with Crippen LogP contribution in [0.2, 0.25) is 35.2 Å². The topological polar surface area (TPSA) is 204 Å². The first-order chi connectivity index (χ1) is 38.4. The molecule has 19 heteroatoms. The number of nitrogens with one attached hydrogen (secondary N) is 2. The lowest BCUT2D eigenvalue weighted by molar-refractivity contribution is 1.20. The van der Waals surface area contributed by atoms with E-state index in [0.717, 1.165) is 0 Å². The Bertz CT molecular complexity index is 5250. The van der Waals surface area contributed by atoms with Crippen molar-refractivity contribution in [2.45, 2.75) is 0 Å². The second-order valence-electron chi connectivity index (χ2n) is 18.4. The highest BCUT2D eigenvalue weighted by Crippen LogP contribution is 2.53. The van der Waals surface area contributed by atoms with Crippen molar-refractivity contribution in [2.24, 2.45) is 0 Å². The molecule has 0 spiro atoms. The molecule has 0 aliphatic carbocycles. The second kappa shape index (κ2) is 18.1. The average molecular weight is 1160 g/mol. The van der Waals surface area contributed by atoms with E-state index in [9.17, 15) is 21.0 Å². The van der Waals surface area contributed by atoms with E-state index in [1.165, 1.54) is 0 Å². The molecule has 14 rings (SSSR count). The van der Waals surface area contributed by atoms with E-state index < -0.39 is 0 Å². The lowest BCUT2D eigenvalue weighted by Gasteiger charge is -2.12. The van der Waals surface area contributed by atoms with Gasteiger partial charge < -0.3 is 9.97 Å². The Morgan fingerprint density at radius 1 is 0.316 bits per heavy atom. The molecule has 7 heterocycles. The van der Waals surface area contributed by atoms with E-state index >= 15 is 0 Å². The summed E-state index contributed by atoms with van der Waals surface area (Å²) in [5.41, 5.74) is 7.93. The van der Waals surface area contributed by atoms with Gasteiger partial charge in [0.25, 0.3) is 0 Å². The van der Waals surface area contributed by atoms with Crippen LogP contribution in [0.15, 0.2) is 115 Å². The number of aromatic nitrogens is 8. The fourth-order valence-electron chi connectivity index (χ4n) is 11.0. The summed E-state index contributed by atoms with van der Waals surface area (Å²) < 4.78 is 0. The summed E-state index contributed by atoms with van der Waals surface area (Å²) in [6.07, 6.45) is 0. The third-order valence-corrected chi connectivity index (χ3v) is 16.4. The maximum atomic E-state index is 10.3. The fourth-order valence-corrected chi connectivity index (χ4v) is 13.0. The number of nitriles is 4.